The predicted molar refractivity (Wildman–Crippen MR) is 66.9 cm³/mol. The highest BCUT2D eigenvalue weighted by molar-refractivity contribution is 5.24. The first-order valence-corrected chi connectivity index (χ1v) is 6.46. The van der Waals surface area contributed by atoms with E-state index in [0.29, 0.717) is 30.9 Å². The molecule has 1 fully saturated rings. The van der Waals surface area contributed by atoms with Crippen LogP contribution in [0.5, 0.6) is 0 Å². The van der Waals surface area contributed by atoms with E-state index in [2.05, 4.69) is 22.0 Å². The van der Waals surface area contributed by atoms with Gasteiger partial charge >= 0.3 is 6.01 Å². The van der Waals surface area contributed by atoms with Crippen LogP contribution in [0, 0.1) is 5.92 Å². The Labute approximate surface area is 102 Å². The third-order valence-corrected chi connectivity index (χ3v) is 3.65. The topological polar surface area (TPSA) is 68.2 Å². The number of anilines is 1. The van der Waals surface area contributed by atoms with E-state index in [1.807, 2.05) is 7.05 Å². The van der Waals surface area contributed by atoms with Crippen molar-refractivity contribution in [3.8, 4) is 0 Å². The van der Waals surface area contributed by atoms with Gasteiger partial charge in [-0.2, -0.15) is 0 Å². The SMILES string of the molecule is CC1CCC(N(C)c2nnc(CCN)o2)CC1. The highest BCUT2D eigenvalue weighted by Crippen LogP contribution is 2.28. The Kier molecular flexibility index (Phi) is 3.99. The van der Waals surface area contributed by atoms with Crippen LogP contribution in [-0.2, 0) is 6.42 Å². The van der Waals surface area contributed by atoms with Crippen molar-refractivity contribution in [3.63, 3.8) is 0 Å². The summed E-state index contributed by atoms with van der Waals surface area (Å²) in [4.78, 5) is 2.12. The third-order valence-electron chi connectivity index (χ3n) is 3.65. The van der Waals surface area contributed by atoms with Crippen LogP contribution in [0.3, 0.4) is 0 Å². The number of rotatable bonds is 4. The third kappa shape index (κ3) is 2.97. The maximum Gasteiger partial charge on any atom is 0.318 e. The number of nitrogens with two attached hydrogens (primary N) is 1. The normalized spacial score (nSPS) is 24.9. The van der Waals surface area contributed by atoms with E-state index in [0.717, 1.165) is 5.92 Å². The molecular formula is C12H22N4O. The van der Waals surface area contributed by atoms with E-state index in [1.54, 1.807) is 0 Å². The second kappa shape index (κ2) is 5.49. The van der Waals surface area contributed by atoms with Crippen LogP contribution in [0.4, 0.5) is 6.01 Å². The molecule has 1 saturated carbocycles. The lowest BCUT2D eigenvalue weighted by Gasteiger charge is -2.32. The van der Waals surface area contributed by atoms with Crippen molar-refractivity contribution in [1.82, 2.24) is 10.2 Å². The maximum absolute atomic E-state index is 5.59. The average Bonchev–Trinajstić information content (AvgIpc) is 2.78. The first kappa shape index (κ1) is 12.4. The molecule has 96 valence electrons. The van der Waals surface area contributed by atoms with Crippen molar-refractivity contribution in [1.29, 1.82) is 0 Å². The van der Waals surface area contributed by atoms with Gasteiger partial charge < -0.3 is 15.1 Å². The molecule has 1 aliphatic rings. The van der Waals surface area contributed by atoms with Crippen LogP contribution < -0.4 is 10.6 Å². The first-order chi connectivity index (χ1) is 8.20. The van der Waals surface area contributed by atoms with Crippen LogP contribution in [0.25, 0.3) is 0 Å². The van der Waals surface area contributed by atoms with Gasteiger partial charge in [-0.3, -0.25) is 0 Å². The zero-order valence-electron chi connectivity index (χ0n) is 10.7. The second-order valence-electron chi connectivity index (χ2n) is 5.04. The fourth-order valence-electron chi connectivity index (χ4n) is 2.40. The summed E-state index contributed by atoms with van der Waals surface area (Å²) in [6, 6.07) is 1.17. The molecule has 1 aromatic heterocycles. The Hall–Kier alpha value is -1.10. The van der Waals surface area contributed by atoms with Gasteiger partial charge in [-0.05, 0) is 31.6 Å². The van der Waals surface area contributed by atoms with Crippen molar-refractivity contribution in [2.75, 3.05) is 18.5 Å². The monoisotopic (exact) mass is 238 g/mol. The van der Waals surface area contributed by atoms with E-state index in [-0.39, 0.29) is 0 Å². The summed E-state index contributed by atoms with van der Waals surface area (Å²) >= 11 is 0. The molecule has 0 saturated heterocycles. The molecule has 0 unspecified atom stereocenters. The summed E-state index contributed by atoms with van der Waals surface area (Å²) in [5.74, 6) is 1.49. The van der Waals surface area contributed by atoms with E-state index < -0.39 is 0 Å². The number of hydrogen-bond donors (Lipinski definition) is 1. The van der Waals surface area contributed by atoms with Gasteiger partial charge in [-0.15, -0.1) is 5.10 Å². The number of aromatic nitrogens is 2. The predicted octanol–water partition coefficient (Wildman–Crippen LogP) is 1.59. The van der Waals surface area contributed by atoms with Crippen LogP contribution in [-0.4, -0.2) is 29.8 Å². The van der Waals surface area contributed by atoms with Crippen molar-refractivity contribution in [3.05, 3.63) is 5.89 Å². The first-order valence-electron chi connectivity index (χ1n) is 6.46. The smallest absolute Gasteiger partial charge is 0.318 e. The van der Waals surface area contributed by atoms with Gasteiger partial charge in [0.25, 0.3) is 0 Å². The molecular weight excluding hydrogens is 216 g/mol. The Balaban J connectivity index is 1.96. The summed E-state index contributed by atoms with van der Waals surface area (Å²) in [5, 5.41) is 8.08. The molecule has 0 bridgehead atoms. The lowest BCUT2D eigenvalue weighted by molar-refractivity contribution is 0.330. The minimum absolute atomic E-state index is 0.539. The van der Waals surface area contributed by atoms with Crippen LogP contribution in [0.2, 0.25) is 0 Å². The molecule has 0 amide bonds. The number of hydrogen-bond acceptors (Lipinski definition) is 5. The quantitative estimate of drug-likeness (QED) is 0.862. The van der Waals surface area contributed by atoms with Crippen molar-refractivity contribution < 1.29 is 4.42 Å². The average molecular weight is 238 g/mol. The lowest BCUT2D eigenvalue weighted by Crippen LogP contribution is -2.35. The zero-order valence-corrected chi connectivity index (χ0v) is 10.7. The zero-order chi connectivity index (χ0) is 12.3. The van der Waals surface area contributed by atoms with E-state index in [9.17, 15) is 0 Å². The van der Waals surface area contributed by atoms with Crippen LogP contribution in [0.15, 0.2) is 4.42 Å². The van der Waals surface area contributed by atoms with Gasteiger partial charge in [-0.1, -0.05) is 12.0 Å². The van der Waals surface area contributed by atoms with Crippen molar-refractivity contribution in [2.45, 2.75) is 45.1 Å². The standard InChI is InChI=1S/C12H22N4O/c1-9-3-5-10(6-4-9)16(2)12-15-14-11(17-12)7-8-13/h9-10H,3-8,13H2,1-2H3. The van der Waals surface area contributed by atoms with E-state index in [1.165, 1.54) is 25.7 Å². The Morgan fingerprint density at radius 2 is 2.00 bits per heavy atom. The molecule has 1 aliphatic carbocycles. The maximum atomic E-state index is 5.59. The molecule has 1 heterocycles. The summed E-state index contributed by atoms with van der Waals surface area (Å²) in [5.41, 5.74) is 5.46. The van der Waals surface area contributed by atoms with Gasteiger partial charge in [0.2, 0.25) is 5.89 Å². The summed E-state index contributed by atoms with van der Waals surface area (Å²) in [7, 11) is 2.04. The van der Waals surface area contributed by atoms with E-state index >= 15 is 0 Å². The highest BCUT2D eigenvalue weighted by Gasteiger charge is 2.24. The molecule has 0 radical (unpaired) electrons. The van der Waals surface area contributed by atoms with Crippen molar-refractivity contribution >= 4 is 6.01 Å². The fourth-order valence-corrected chi connectivity index (χ4v) is 2.40. The highest BCUT2D eigenvalue weighted by atomic mass is 16.4. The largest absolute Gasteiger partial charge is 0.408 e. The molecule has 1 aromatic rings. The Morgan fingerprint density at radius 1 is 1.29 bits per heavy atom. The molecule has 0 aromatic carbocycles. The molecule has 2 rings (SSSR count). The minimum atomic E-state index is 0.539. The van der Waals surface area contributed by atoms with Gasteiger partial charge in [-0.25, -0.2) is 0 Å². The minimum Gasteiger partial charge on any atom is -0.408 e. The molecule has 0 atom stereocenters. The summed E-state index contributed by atoms with van der Waals surface area (Å²) in [6.07, 6.45) is 5.67. The molecule has 0 aliphatic heterocycles. The molecule has 2 N–H and O–H groups in total. The molecule has 5 heteroatoms. The van der Waals surface area contributed by atoms with Crippen LogP contribution in [0.1, 0.15) is 38.5 Å². The fraction of sp³-hybridized carbons (Fsp3) is 0.833. The molecule has 17 heavy (non-hydrogen) atoms. The lowest BCUT2D eigenvalue weighted by atomic mass is 9.87. The Morgan fingerprint density at radius 3 is 2.65 bits per heavy atom. The van der Waals surface area contributed by atoms with Gasteiger partial charge in [0, 0.05) is 26.1 Å². The van der Waals surface area contributed by atoms with E-state index in [4.69, 9.17) is 10.2 Å². The van der Waals surface area contributed by atoms with Gasteiger partial charge in [0.05, 0.1) is 0 Å². The molecule has 0 spiro atoms. The summed E-state index contributed by atoms with van der Waals surface area (Å²) < 4.78 is 5.59. The number of nitrogens with zero attached hydrogens (tertiary/aromatic N) is 3. The second-order valence-corrected chi connectivity index (χ2v) is 5.04. The summed E-state index contributed by atoms with van der Waals surface area (Å²) in [6.45, 7) is 2.87. The van der Waals surface area contributed by atoms with Crippen LogP contribution >= 0.6 is 0 Å². The Bertz CT molecular complexity index is 344. The molecule has 5 nitrogen and oxygen atoms in total. The van der Waals surface area contributed by atoms with Gasteiger partial charge in [0.1, 0.15) is 0 Å². The van der Waals surface area contributed by atoms with Gasteiger partial charge in [0.15, 0.2) is 0 Å². The van der Waals surface area contributed by atoms with Crippen molar-refractivity contribution in [2.24, 2.45) is 11.7 Å².